The zero-order valence-electron chi connectivity index (χ0n) is 22.1. The molecule has 1 saturated carbocycles. The van der Waals surface area contributed by atoms with E-state index >= 15 is 0 Å². The van der Waals surface area contributed by atoms with Crippen LogP contribution in [-0.2, 0) is 13.6 Å². The van der Waals surface area contributed by atoms with Gasteiger partial charge < -0.3 is 15.3 Å². The van der Waals surface area contributed by atoms with Gasteiger partial charge in [-0.3, -0.25) is 14.0 Å². The lowest BCUT2D eigenvalue weighted by atomic mass is 9.74. The fourth-order valence-corrected chi connectivity index (χ4v) is 6.92. The molecule has 2 aromatic carbocycles. The summed E-state index contributed by atoms with van der Waals surface area (Å²) in [7, 11) is 1.73. The summed E-state index contributed by atoms with van der Waals surface area (Å²) in [5.74, 6) is 0.557. The highest BCUT2D eigenvalue weighted by Crippen LogP contribution is 2.47. The molecule has 1 atom stereocenters. The number of carbonyl (C=O) groups is 1. The summed E-state index contributed by atoms with van der Waals surface area (Å²) < 4.78 is 3.36. The number of aromatic nitrogens is 4. The van der Waals surface area contributed by atoms with Gasteiger partial charge in [-0.15, -0.1) is 0 Å². The summed E-state index contributed by atoms with van der Waals surface area (Å²) in [6, 6.07) is 15.2. The van der Waals surface area contributed by atoms with Crippen molar-refractivity contribution in [2.24, 2.45) is 12.5 Å². The topological polar surface area (TPSA) is 105 Å². The summed E-state index contributed by atoms with van der Waals surface area (Å²) in [6.45, 7) is 1.79. The molecule has 2 aromatic heterocycles. The van der Waals surface area contributed by atoms with Crippen molar-refractivity contribution in [3.63, 3.8) is 0 Å². The molecule has 4 aromatic rings. The van der Waals surface area contributed by atoms with E-state index in [0.717, 1.165) is 37.7 Å². The highest BCUT2D eigenvalue weighted by atomic mass is 35.5. The summed E-state index contributed by atoms with van der Waals surface area (Å²) in [5.41, 5.74) is 2.32. The molecule has 208 valence electrons. The SMILES string of the molecule is Cn1c(N2CCC3(CCC[C@H]3NC(=O)O)CC2)nc2nn(Cc3ccccc3)c(-c3cccc(Cl)c3Cl)c2c1=O. The third-order valence-electron chi connectivity index (χ3n) is 8.59. The van der Waals surface area contributed by atoms with Gasteiger partial charge in [0.1, 0.15) is 5.39 Å². The number of carboxylic acid groups (broad SMARTS) is 1. The number of amides is 1. The third kappa shape index (κ3) is 4.61. The molecule has 9 nitrogen and oxygen atoms in total. The Labute approximate surface area is 241 Å². The minimum atomic E-state index is -0.968. The number of fused-ring (bicyclic) bond motifs is 1. The summed E-state index contributed by atoms with van der Waals surface area (Å²) in [5, 5.41) is 18.0. The predicted octanol–water partition coefficient (Wildman–Crippen LogP) is 5.56. The Morgan fingerprint density at radius 1 is 1.10 bits per heavy atom. The molecule has 0 radical (unpaired) electrons. The number of hydrogen-bond donors (Lipinski definition) is 2. The van der Waals surface area contributed by atoms with Crippen LogP contribution in [0.1, 0.15) is 37.7 Å². The molecule has 1 aliphatic carbocycles. The second kappa shape index (κ2) is 10.4. The number of piperidine rings is 1. The molecular weight excluding hydrogens is 551 g/mol. The van der Waals surface area contributed by atoms with Gasteiger partial charge in [0.15, 0.2) is 5.65 Å². The fraction of sp³-hybridized carbons (Fsp3) is 0.379. The van der Waals surface area contributed by atoms with E-state index in [0.29, 0.717) is 57.9 Å². The average Bonchev–Trinajstić information content (AvgIpc) is 3.49. The van der Waals surface area contributed by atoms with Crippen LogP contribution in [0.4, 0.5) is 10.7 Å². The first kappa shape index (κ1) is 26.7. The zero-order chi connectivity index (χ0) is 28.0. The molecule has 1 amide bonds. The molecule has 11 heteroatoms. The Hall–Kier alpha value is -3.56. The molecule has 0 bridgehead atoms. The van der Waals surface area contributed by atoms with Crippen molar-refractivity contribution in [2.45, 2.75) is 44.7 Å². The van der Waals surface area contributed by atoms with Gasteiger partial charge in [0, 0.05) is 31.7 Å². The lowest BCUT2D eigenvalue weighted by Crippen LogP contribution is -2.50. The molecule has 0 unspecified atom stereocenters. The number of anilines is 1. The standard InChI is InChI=1S/C29H30Cl2N6O3/c1-35-26(38)22-24(19-9-5-10-20(30)23(19)31)37(17-18-7-3-2-4-8-18)34-25(22)33-27(35)36-15-13-29(14-16-36)12-6-11-21(29)32-28(39)40/h2-5,7-10,21,32H,6,11-17H2,1H3,(H,39,40)/t21-/m1/s1. The normalized spacial score (nSPS) is 18.5. The Bertz CT molecular complexity index is 1640. The van der Waals surface area contributed by atoms with E-state index in [9.17, 15) is 14.7 Å². The van der Waals surface area contributed by atoms with Crippen molar-refractivity contribution in [1.29, 1.82) is 0 Å². The Morgan fingerprint density at radius 2 is 1.85 bits per heavy atom. The van der Waals surface area contributed by atoms with Crippen molar-refractivity contribution in [3.05, 3.63) is 74.5 Å². The van der Waals surface area contributed by atoms with Gasteiger partial charge >= 0.3 is 6.09 Å². The second-order valence-corrected chi connectivity index (χ2v) is 11.6. The first-order valence-electron chi connectivity index (χ1n) is 13.5. The molecular formula is C29H30Cl2N6O3. The van der Waals surface area contributed by atoms with Gasteiger partial charge in [-0.25, -0.2) is 4.79 Å². The van der Waals surface area contributed by atoms with E-state index in [-0.39, 0.29) is 17.0 Å². The van der Waals surface area contributed by atoms with Crippen LogP contribution in [0.2, 0.25) is 10.0 Å². The number of nitrogens with one attached hydrogen (secondary N) is 1. The van der Waals surface area contributed by atoms with Crippen LogP contribution in [0.5, 0.6) is 0 Å². The molecule has 3 heterocycles. The lowest BCUT2D eigenvalue weighted by molar-refractivity contribution is 0.149. The minimum Gasteiger partial charge on any atom is -0.465 e. The van der Waals surface area contributed by atoms with Crippen LogP contribution in [-0.4, -0.2) is 49.7 Å². The maximum absolute atomic E-state index is 14.0. The van der Waals surface area contributed by atoms with Crippen LogP contribution >= 0.6 is 23.2 Å². The number of rotatable bonds is 5. The molecule has 1 aliphatic heterocycles. The number of hydrogen-bond acceptors (Lipinski definition) is 5. The first-order valence-corrected chi connectivity index (χ1v) is 14.2. The summed E-state index contributed by atoms with van der Waals surface area (Å²) in [6.07, 6.45) is 3.58. The van der Waals surface area contributed by atoms with Crippen molar-refractivity contribution in [1.82, 2.24) is 24.6 Å². The van der Waals surface area contributed by atoms with Gasteiger partial charge in [-0.2, -0.15) is 10.1 Å². The van der Waals surface area contributed by atoms with Crippen LogP contribution in [0.3, 0.4) is 0 Å². The quantitative estimate of drug-likeness (QED) is 0.320. The molecule has 40 heavy (non-hydrogen) atoms. The lowest BCUT2D eigenvalue weighted by Gasteiger charge is -2.43. The third-order valence-corrected chi connectivity index (χ3v) is 9.41. The molecule has 6 rings (SSSR count). The molecule has 1 saturated heterocycles. The van der Waals surface area contributed by atoms with Crippen molar-refractivity contribution in [3.8, 4) is 11.3 Å². The van der Waals surface area contributed by atoms with E-state index in [2.05, 4.69) is 10.2 Å². The van der Waals surface area contributed by atoms with Gasteiger partial charge in [0.05, 0.1) is 22.3 Å². The molecule has 2 fully saturated rings. The Morgan fingerprint density at radius 3 is 2.58 bits per heavy atom. The van der Waals surface area contributed by atoms with Gasteiger partial charge in [0.25, 0.3) is 5.56 Å². The van der Waals surface area contributed by atoms with Crippen molar-refractivity contribution in [2.75, 3.05) is 18.0 Å². The van der Waals surface area contributed by atoms with E-state index in [1.54, 1.807) is 28.4 Å². The van der Waals surface area contributed by atoms with Gasteiger partial charge in [0.2, 0.25) is 5.95 Å². The van der Waals surface area contributed by atoms with E-state index < -0.39 is 6.09 Å². The number of halogens is 2. The Balaban J connectivity index is 1.41. The van der Waals surface area contributed by atoms with Crippen molar-refractivity contribution >= 4 is 46.3 Å². The first-order chi connectivity index (χ1) is 19.3. The molecule has 2 N–H and O–H groups in total. The van der Waals surface area contributed by atoms with E-state index in [1.807, 2.05) is 36.4 Å². The highest BCUT2D eigenvalue weighted by Gasteiger charge is 2.46. The van der Waals surface area contributed by atoms with Crippen molar-refractivity contribution < 1.29 is 9.90 Å². The summed E-state index contributed by atoms with van der Waals surface area (Å²) >= 11 is 13.0. The Kier molecular flexibility index (Phi) is 6.96. The van der Waals surface area contributed by atoms with E-state index in [1.165, 1.54) is 0 Å². The predicted molar refractivity (Wildman–Crippen MR) is 156 cm³/mol. The average molecular weight is 582 g/mol. The molecule has 2 aliphatic rings. The smallest absolute Gasteiger partial charge is 0.404 e. The highest BCUT2D eigenvalue weighted by molar-refractivity contribution is 6.43. The largest absolute Gasteiger partial charge is 0.465 e. The van der Waals surface area contributed by atoms with E-state index in [4.69, 9.17) is 33.3 Å². The number of benzene rings is 2. The number of nitrogens with zero attached hydrogens (tertiary/aromatic N) is 5. The minimum absolute atomic E-state index is 0.0369. The maximum atomic E-state index is 14.0. The van der Waals surface area contributed by atoms with Crippen LogP contribution in [0.15, 0.2) is 53.3 Å². The van der Waals surface area contributed by atoms with Crippen LogP contribution in [0.25, 0.3) is 22.3 Å². The van der Waals surface area contributed by atoms with Crippen LogP contribution in [0, 0.1) is 5.41 Å². The molecule has 1 spiro atoms. The van der Waals surface area contributed by atoms with Gasteiger partial charge in [-0.05, 0) is 42.7 Å². The zero-order valence-corrected chi connectivity index (χ0v) is 23.6. The fourth-order valence-electron chi connectivity index (χ4n) is 6.53. The monoisotopic (exact) mass is 580 g/mol. The van der Waals surface area contributed by atoms with Crippen LogP contribution < -0.4 is 15.8 Å². The van der Waals surface area contributed by atoms with Gasteiger partial charge in [-0.1, -0.05) is 72.1 Å². The maximum Gasteiger partial charge on any atom is 0.404 e. The summed E-state index contributed by atoms with van der Waals surface area (Å²) in [4.78, 5) is 32.4. The second-order valence-electron chi connectivity index (χ2n) is 10.8.